The van der Waals surface area contributed by atoms with Crippen molar-refractivity contribution < 1.29 is 9.53 Å². The lowest BCUT2D eigenvalue weighted by Crippen LogP contribution is -2.24. The highest BCUT2D eigenvalue weighted by molar-refractivity contribution is 9.08. The van der Waals surface area contributed by atoms with Crippen molar-refractivity contribution in [3.63, 3.8) is 0 Å². The molecule has 0 unspecified atom stereocenters. The molecule has 1 aromatic rings. The van der Waals surface area contributed by atoms with Gasteiger partial charge in [-0.15, -0.1) is 0 Å². The predicted molar refractivity (Wildman–Crippen MR) is 89.6 cm³/mol. The standard InChI is InChI=1S/C18H25BrO2/c1-13(2)12-21-18(20)17(15-5-3-4-6-15)16-9-7-14(11-19)8-10-16/h7-10,13,15,17H,3-6,11-12H2,1-2H3/t17-/m0/s1. The molecule has 2 rings (SSSR count). The van der Waals surface area contributed by atoms with Gasteiger partial charge in [0.1, 0.15) is 0 Å². The number of rotatable bonds is 6. The van der Waals surface area contributed by atoms with Crippen LogP contribution in [0.2, 0.25) is 0 Å². The molecule has 0 saturated heterocycles. The van der Waals surface area contributed by atoms with Gasteiger partial charge < -0.3 is 4.74 Å². The zero-order valence-electron chi connectivity index (χ0n) is 13.0. The molecular formula is C18H25BrO2. The topological polar surface area (TPSA) is 26.3 Å². The highest BCUT2D eigenvalue weighted by Gasteiger charge is 2.33. The van der Waals surface area contributed by atoms with Gasteiger partial charge in [-0.1, -0.05) is 66.9 Å². The van der Waals surface area contributed by atoms with Gasteiger partial charge in [0.25, 0.3) is 0 Å². The van der Waals surface area contributed by atoms with Crippen molar-refractivity contribution in [2.75, 3.05) is 6.61 Å². The summed E-state index contributed by atoms with van der Waals surface area (Å²) in [6.07, 6.45) is 4.75. The quantitative estimate of drug-likeness (QED) is 0.528. The molecule has 0 heterocycles. The second-order valence-corrected chi connectivity index (χ2v) is 6.98. The van der Waals surface area contributed by atoms with E-state index in [-0.39, 0.29) is 11.9 Å². The minimum Gasteiger partial charge on any atom is -0.465 e. The second-order valence-electron chi connectivity index (χ2n) is 6.42. The molecule has 0 N–H and O–H groups in total. The van der Waals surface area contributed by atoms with Crippen molar-refractivity contribution in [1.29, 1.82) is 0 Å². The molecule has 0 radical (unpaired) electrons. The lowest BCUT2D eigenvalue weighted by atomic mass is 9.84. The van der Waals surface area contributed by atoms with Crippen LogP contribution in [-0.2, 0) is 14.9 Å². The molecule has 116 valence electrons. The van der Waals surface area contributed by atoms with Gasteiger partial charge in [-0.2, -0.15) is 0 Å². The van der Waals surface area contributed by atoms with Gasteiger partial charge in [0.05, 0.1) is 12.5 Å². The van der Waals surface area contributed by atoms with Crippen LogP contribution in [0.3, 0.4) is 0 Å². The van der Waals surface area contributed by atoms with Gasteiger partial charge in [-0.3, -0.25) is 4.79 Å². The Labute approximate surface area is 136 Å². The number of carbonyl (C=O) groups excluding carboxylic acids is 1. The fourth-order valence-electron chi connectivity index (χ4n) is 3.04. The summed E-state index contributed by atoms with van der Waals surface area (Å²) >= 11 is 3.46. The highest BCUT2D eigenvalue weighted by Crippen LogP contribution is 2.38. The van der Waals surface area contributed by atoms with Gasteiger partial charge >= 0.3 is 5.97 Å². The number of ether oxygens (including phenoxy) is 1. The predicted octanol–water partition coefficient (Wildman–Crippen LogP) is 5.05. The van der Waals surface area contributed by atoms with Gasteiger partial charge in [-0.25, -0.2) is 0 Å². The fourth-order valence-corrected chi connectivity index (χ4v) is 3.42. The first-order valence-electron chi connectivity index (χ1n) is 7.93. The molecule has 0 aromatic heterocycles. The Bertz CT molecular complexity index is 447. The first-order chi connectivity index (χ1) is 10.1. The van der Waals surface area contributed by atoms with Crippen LogP contribution in [0.4, 0.5) is 0 Å². The van der Waals surface area contributed by atoms with Crippen LogP contribution in [-0.4, -0.2) is 12.6 Å². The molecule has 3 heteroatoms. The number of halogens is 1. The van der Waals surface area contributed by atoms with E-state index in [4.69, 9.17) is 4.74 Å². The van der Waals surface area contributed by atoms with E-state index < -0.39 is 0 Å². The monoisotopic (exact) mass is 352 g/mol. The largest absolute Gasteiger partial charge is 0.465 e. The van der Waals surface area contributed by atoms with Crippen LogP contribution in [0.15, 0.2) is 24.3 Å². The van der Waals surface area contributed by atoms with Crippen molar-refractivity contribution in [2.24, 2.45) is 11.8 Å². The van der Waals surface area contributed by atoms with Gasteiger partial charge in [0.2, 0.25) is 0 Å². The van der Waals surface area contributed by atoms with E-state index in [1.807, 2.05) is 0 Å². The Kier molecular flexibility index (Phi) is 6.28. The van der Waals surface area contributed by atoms with Crippen molar-refractivity contribution in [3.05, 3.63) is 35.4 Å². The molecule has 1 atom stereocenters. The van der Waals surface area contributed by atoms with Crippen LogP contribution in [0, 0.1) is 11.8 Å². The van der Waals surface area contributed by atoms with Crippen LogP contribution in [0.25, 0.3) is 0 Å². The Hall–Kier alpha value is -0.830. The van der Waals surface area contributed by atoms with E-state index in [2.05, 4.69) is 54.0 Å². The Morgan fingerprint density at radius 1 is 1.24 bits per heavy atom. The summed E-state index contributed by atoms with van der Waals surface area (Å²) in [6.45, 7) is 4.66. The second kappa shape index (κ2) is 7.98. The number of esters is 1. The average molecular weight is 353 g/mol. The molecule has 1 fully saturated rings. The van der Waals surface area contributed by atoms with Crippen molar-refractivity contribution >= 4 is 21.9 Å². The number of alkyl halides is 1. The van der Waals surface area contributed by atoms with Gasteiger partial charge in [-0.05, 0) is 35.8 Å². The molecule has 2 nitrogen and oxygen atoms in total. The van der Waals surface area contributed by atoms with E-state index in [1.54, 1.807) is 0 Å². The third-order valence-corrected chi connectivity index (χ3v) is 4.82. The minimum absolute atomic E-state index is 0.0396. The van der Waals surface area contributed by atoms with E-state index in [0.717, 1.165) is 23.7 Å². The molecule has 21 heavy (non-hydrogen) atoms. The lowest BCUT2D eigenvalue weighted by molar-refractivity contribution is -0.148. The molecule has 1 aliphatic rings. The van der Waals surface area contributed by atoms with Crippen LogP contribution >= 0.6 is 15.9 Å². The number of carbonyl (C=O) groups is 1. The smallest absolute Gasteiger partial charge is 0.313 e. The Morgan fingerprint density at radius 2 is 1.86 bits per heavy atom. The zero-order valence-corrected chi connectivity index (χ0v) is 14.6. The molecule has 0 amide bonds. The maximum atomic E-state index is 12.6. The normalized spacial score (nSPS) is 17.1. The number of hydrogen-bond donors (Lipinski definition) is 0. The van der Waals surface area contributed by atoms with E-state index >= 15 is 0 Å². The molecule has 0 spiro atoms. The third kappa shape index (κ3) is 4.57. The van der Waals surface area contributed by atoms with E-state index in [0.29, 0.717) is 18.4 Å². The SMILES string of the molecule is CC(C)COC(=O)[C@H](c1ccc(CBr)cc1)C1CCCC1. The summed E-state index contributed by atoms with van der Waals surface area (Å²) in [5.74, 6) is 0.700. The van der Waals surface area contributed by atoms with Crippen molar-refractivity contribution in [2.45, 2.75) is 50.8 Å². The maximum absolute atomic E-state index is 12.6. The summed E-state index contributed by atoms with van der Waals surface area (Å²) in [5, 5.41) is 0.846. The summed E-state index contributed by atoms with van der Waals surface area (Å²) in [5.41, 5.74) is 2.35. The summed E-state index contributed by atoms with van der Waals surface area (Å²) in [7, 11) is 0. The summed E-state index contributed by atoms with van der Waals surface area (Å²) in [6, 6.07) is 8.38. The maximum Gasteiger partial charge on any atom is 0.313 e. The molecular weight excluding hydrogens is 328 g/mol. The zero-order chi connectivity index (χ0) is 15.2. The fraction of sp³-hybridized carbons (Fsp3) is 0.611. The lowest BCUT2D eigenvalue weighted by Gasteiger charge is -2.23. The Morgan fingerprint density at radius 3 is 2.38 bits per heavy atom. The number of hydrogen-bond acceptors (Lipinski definition) is 2. The molecule has 1 aliphatic carbocycles. The van der Waals surface area contributed by atoms with Crippen molar-refractivity contribution in [1.82, 2.24) is 0 Å². The molecule has 0 aliphatic heterocycles. The van der Waals surface area contributed by atoms with Gasteiger partial charge in [0.15, 0.2) is 0 Å². The van der Waals surface area contributed by atoms with Crippen molar-refractivity contribution in [3.8, 4) is 0 Å². The minimum atomic E-state index is -0.0874. The van der Waals surface area contributed by atoms with E-state index in [9.17, 15) is 4.79 Å². The first kappa shape index (κ1) is 16.5. The Balaban J connectivity index is 2.15. The molecule has 1 saturated carbocycles. The summed E-state index contributed by atoms with van der Waals surface area (Å²) < 4.78 is 5.54. The summed E-state index contributed by atoms with van der Waals surface area (Å²) in [4.78, 5) is 12.6. The average Bonchev–Trinajstić information content (AvgIpc) is 3.00. The van der Waals surface area contributed by atoms with Crippen LogP contribution < -0.4 is 0 Å². The third-order valence-electron chi connectivity index (χ3n) is 4.18. The highest BCUT2D eigenvalue weighted by atomic mass is 79.9. The number of benzene rings is 1. The van der Waals surface area contributed by atoms with E-state index in [1.165, 1.54) is 18.4 Å². The first-order valence-corrected chi connectivity index (χ1v) is 9.05. The van der Waals surface area contributed by atoms with Gasteiger partial charge in [0, 0.05) is 5.33 Å². The molecule has 0 bridgehead atoms. The van der Waals surface area contributed by atoms with Crippen LogP contribution in [0.1, 0.15) is 56.6 Å². The molecule has 1 aromatic carbocycles. The van der Waals surface area contributed by atoms with Crippen LogP contribution in [0.5, 0.6) is 0 Å².